The van der Waals surface area contributed by atoms with Crippen LogP contribution in [0.4, 0.5) is 0 Å². The largest absolute Gasteiger partial charge is 0.504 e. The molecular weight excluding hydrogens is 372 g/mol. The van der Waals surface area contributed by atoms with Crippen molar-refractivity contribution in [1.29, 1.82) is 0 Å². The van der Waals surface area contributed by atoms with E-state index in [1.165, 1.54) is 11.1 Å². The van der Waals surface area contributed by atoms with Gasteiger partial charge in [-0.15, -0.1) is 6.58 Å². The highest BCUT2D eigenvalue weighted by Gasteiger charge is 2.79. The third-order valence-corrected chi connectivity index (χ3v) is 8.63. The second-order valence-corrected chi connectivity index (χ2v) is 9.14. The quantitative estimate of drug-likeness (QED) is 0.793. The predicted molar refractivity (Wildman–Crippen MR) is 108 cm³/mol. The van der Waals surface area contributed by atoms with Crippen LogP contribution in [0.3, 0.4) is 0 Å². The van der Waals surface area contributed by atoms with Gasteiger partial charge in [-0.05, 0) is 37.4 Å². The Bertz CT molecular complexity index is 948. The molecule has 1 N–H and O–H groups in total. The summed E-state index contributed by atoms with van der Waals surface area (Å²) in [6, 6.07) is 4.05. The lowest BCUT2D eigenvalue weighted by Gasteiger charge is -2.70. The molecule has 0 aromatic heterocycles. The summed E-state index contributed by atoms with van der Waals surface area (Å²) in [6.07, 6.45) is 9.07. The van der Waals surface area contributed by atoms with E-state index in [1.807, 2.05) is 6.08 Å². The van der Waals surface area contributed by atoms with Gasteiger partial charge in [0.15, 0.2) is 11.5 Å². The summed E-state index contributed by atoms with van der Waals surface area (Å²) in [6.45, 7) is 5.84. The lowest BCUT2D eigenvalue weighted by atomic mass is 9.38. The maximum Gasteiger partial charge on any atom is 0.165 e. The number of likely N-dealkylation sites (tertiary alicyclic amines) is 1. The van der Waals surface area contributed by atoms with E-state index >= 15 is 0 Å². The number of rotatable bonds is 4. The number of ether oxygens (including phenoxy) is 2. The summed E-state index contributed by atoms with van der Waals surface area (Å²) in [5.74, 6) is 0.875. The first-order valence-electron chi connectivity index (χ1n) is 10.0. The molecule has 2 spiro atoms. The number of benzene rings is 1. The van der Waals surface area contributed by atoms with Gasteiger partial charge in [0.1, 0.15) is 17.7 Å². The molecule has 6 aliphatic rings. The highest BCUT2D eigenvalue weighted by atomic mass is 32.1. The Morgan fingerprint density at radius 1 is 1.46 bits per heavy atom. The first-order chi connectivity index (χ1) is 13.6. The molecule has 146 valence electrons. The average Bonchev–Trinajstić information content (AvgIpc) is 3.08. The van der Waals surface area contributed by atoms with Crippen LogP contribution in [0.15, 0.2) is 41.3 Å². The predicted octanol–water partition coefficient (Wildman–Crippen LogP) is 2.65. The molecule has 1 aromatic carbocycles. The fraction of sp³-hybridized carbons (Fsp3) is 0.545. The van der Waals surface area contributed by atoms with E-state index in [0.29, 0.717) is 11.8 Å². The van der Waals surface area contributed by atoms with Crippen LogP contribution >= 0.6 is 0 Å². The second kappa shape index (κ2) is 5.23. The number of piperidine rings is 1. The van der Waals surface area contributed by atoms with Gasteiger partial charge in [-0.3, -0.25) is 4.90 Å². The van der Waals surface area contributed by atoms with Crippen molar-refractivity contribution in [3.63, 3.8) is 0 Å². The van der Waals surface area contributed by atoms with Gasteiger partial charge in [0.05, 0.1) is 5.41 Å². The SMILES string of the molecule is C=CCN1CC[C@]23c4c5ccc(O)c4O[C@H]2C2(OC)C=C[C@@]3(CC2N=S)[C@H]1C5. The van der Waals surface area contributed by atoms with Crippen LogP contribution in [0, 0.1) is 5.41 Å². The zero-order chi connectivity index (χ0) is 19.3. The highest BCUT2D eigenvalue weighted by molar-refractivity contribution is 7.47. The Morgan fingerprint density at radius 2 is 2.32 bits per heavy atom. The molecule has 2 heterocycles. The minimum Gasteiger partial charge on any atom is -0.504 e. The Hall–Kier alpha value is -1.76. The van der Waals surface area contributed by atoms with Gasteiger partial charge in [-0.25, -0.2) is 4.36 Å². The standard InChI is InChI=1S/C22H24N2O3S/c1-3-9-24-10-8-21-17-13-4-5-14(25)18(17)27-19(21)22(26-2)7-6-20(21,16(24)11-13)12-15(22)23-28/h3-7,15-16,19,25H,1,8-12H2,2H3/t15?,16-,19-,20-,21+,22?/m1/s1. The first-order valence-corrected chi connectivity index (χ1v) is 10.4. The summed E-state index contributed by atoms with van der Waals surface area (Å²) in [4.78, 5) is 2.55. The number of hydrogen-bond acceptors (Lipinski definition) is 6. The minimum atomic E-state index is -0.686. The molecule has 6 atom stereocenters. The van der Waals surface area contributed by atoms with Crippen LogP contribution in [0.25, 0.3) is 0 Å². The van der Waals surface area contributed by atoms with Gasteiger partial charge in [-0.2, -0.15) is 0 Å². The fourth-order valence-electron chi connectivity index (χ4n) is 7.39. The molecule has 1 saturated carbocycles. The van der Waals surface area contributed by atoms with Crippen LogP contribution in [0.1, 0.15) is 24.0 Å². The molecule has 2 unspecified atom stereocenters. The Kier molecular flexibility index (Phi) is 3.20. The summed E-state index contributed by atoms with van der Waals surface area (Å²) < 4.78 is 17.1. The number of nitrogens with zero attached hydrogens (tertiary/aromatic N) is 2. The van der Waals surface area contributed by atoms with E-state index in [2.05, 4.69) is 34.1 Å². The molecule has 2 fully saturated rings. The van der Waals surface area contributed by atoms with Gasteiger partial charge in [0.2, 0.25) is 0 Å². The number of fused-ring (bicyclic) bond motifs is 1. The Labute approximate surface area is 170 Å². The normalized spacial score (nSPS) is 44.1. The summed E-state index contributed by atoms with van der Waals surface area (Å²) in [7, 11) is 1.73. The number of phenols is 1. The monoisotopic (exact) mass is 396 g/mol. The Morgan fingerprint density at radius 3 is 3.07 bits per heavy atom. The van der Waals surface area contributed by atoms with Crippen LogP contribution in [-0.4, -0.2) is 54.0 Å². The topological polar surface area (TPSA) is 54.3 Å². The molecule has 1 aromatic rings. The van der Waals surface area contributed by atoms with Crippen LogP contribution in [0.2, 0.25) is 0 Å². The van der Waals surface area contributed by atoms with E-state index < -0.39 is 5.60 Å². The molecule has 2 aliphatic heterocycles. The molecule has 0 amide bonds. The minimum absolute atomic E-state index is 0.127. The number of methoxy groups -OCH3 is 1. The molecule has 7 rings (SSSR count). The van der Waals surface area contributed by atoms with Gasteiger partial charge in [-0.1, -0.05) is 24.3 Å². The molecule has 4 bridgehead atoms. The van der Waals surface area contributed by atoms with Crippen LogP contribution < -0.4 is 4.74 Å². The molecule has 4 aliphatic carbocycles. The molecular formula is C22H24N2O3S. The maximum atomic E-state index is 10.7. The summed E-state index contributed by atoms with van der Waals surface area (Å²) >= 11 is 5.25. The third-order valence-electron chi connectivity index (χ3n) is 8.37. The van der Waals surface area contributed by atoms with E-state index in [0.717, 1.165) is 32.4 Å². The molecule has 28 heavy (non-hydrogen) atoms. The van der Waals surface area contributed by atoms with E-state index in [1.54, 1.807) is 13.2 Å². The molecule has 5 nitrogen and oxygen atoms in total. The number of aromatic hydroxyl groups is 1. The van der Waals surface area contributed by atoms with Gasteiger partial charge in [0.25, 0.3) is 0 Å². The van der Waals surface area contributed by atoms with Crippen molar-refractivity contribution in [2.24, 2.45) is 9.78 Å². The molecule has 0 radical (unpaired) electrons. The fourth-order valence-corrected chi connectivity index (χ4v) is 7.63. The zero-order valence-electron chi connectivity index (χ0n) is 15.9. The smallest absolute Gasteiger partial charge is 0.165 e. The second-order valence-electron chi connectivity index (χ2n) is 8.93. The first kappa shape index (κ1) is 17.1. The van der Waals surface area contributed by atoms with Crippen molar-refractivity contribution < 1.29 is 14.6 Å². The lowest BCUT2D eigenvalue weighted by Crippen LogP contribution is -2.80. The summed E-state index contributed by atoms with van der Waals surface area (Å²) in [5.41, 5.74) is 1.48. The zero-order valence-corrected chi connectivity index (χ0v) is 16.7. The molecule has 1 saturated heterocycles. The van der Waals surface area contributed by atoms with Gasteiger partial charge in [0, 0.05) is 43.1 Å². The van der Waals surface area contributed by atoms with Crippen molar-refractivity contribution in [3.05, 3.63) is 48.1 Å². The van der Waals surface area contributed by atoms with Crippen molar-refractivity contribution in [2.75, 3.05) is 20.2 Å². The van der Waals surface area contributed by atoms with Crippen LogP contribution in [-0.2, 0) is 29.0 Å². The lowest BCUT2D eigenvalue weighted by molar-refractivity contribution is -0.195. The van der Waals surface area contributed by atoms with Crippen molar-refractivity contribution in [3.8, 4) is 11.5 Å². The molecule has 6 heteroatoms. The van der Waals surface area contributed by atoms with E-state index in [4.69, 9.17) is 21.9 Å². The van der Waals surface area contributed by atoms with E-state index in [9.17, 15) is 5.11 Å². The Balaban J connectivity index is 1.69. The average molecular weight is 397 g/mol. The van der Waals surface area contributed by atoms with Crippen molar-refractivity contribution in [1.82, 2.24) is 4.90 Å². The van der Waals surface area contributed by atoms with E-state index in [-0.39, 0.29) is 28.7 Å². The van der Waals surface area contributed by atoms with Crippen molar-refractivity contribution >= 4 is 12.4 Å². The summed E-state index contributed by atoms with van der Waals surface area (Å²) in [5, 5.41) is 10.7. The van der Waals surface area contributed by atoms with Crippen molar-refractivity contribution in [2.45, 2.75) is 48.5 Å². The van der Waals surface area contributed by atoms with Gasteiger partial charge >= 0.3 is 0 Å². The maximum absolute atomic E-state index is 10.7. The van der Waals surface area contributed by atoms with Gasteiger partial charge < -0.3 is 14.6 Å². The number of phenolic OH excluding ortho intramolecular Hbond substituents is 1. The van der Waals surface area contributed by atoms with Crippen LogP contribution in [0.5, 0.6) is 11.5 Å². The third kappa shape index (κ3) is 1.54. The highest BCUT2D eigenvalue weighted by Crippen LogP contribution is 2.73. The number of hydrogen-bond donors (Lipinski definition) is 1.